The second-order valence-corrected chi connectivity index (χ2v) is 13.9. The first-order chi connectivity index (χ1) is 20.9. The minimum atomic E-state index is 0. The Balaban J connectivity index is 0.0000176. The summed E-state index contributed by atoms with van der Waals surface area (Å²) in [7, 11) is 0. The number of H-pyrrole nitrogens is 1. The maximum absolute atomic E-state index is 3.29. The van der Waals surface area contributed by atoms with E-state index in [1.165, 1.54) is 218 Å². The monoisotopic (exact) mass is 623 g/mol. The van der Waals surface area contributed by atoms with Crippen molar-refractivity contribution in [2.75, 3.05) is 0 Å². The summed E-state index contributed by atoms with van der Waals surface area (Å²) in [4.78, 5) is 3.29. The first-order valence-electron chi connectivity index (χ1n) is 19.9. The molecule has 0 aliphatic heterocycles. The Morgan fingerprint density at radius 3 is 0.884 bits per heavy atom. The van der Waals surface area contributed by atoms with Gasteiger partial charge in [0.1, 0.15) is 18.4 Å². The van der Waals surface area contributed by atoms with E-state index in [0.29, 0.717) is 6.04 Å². The van der Waals surface area contributed by atoms with E-state index in [-0.39, 0.29) is 12.4 Å². The number of halogens is 1. The Kier molecular flexibility index (Phi) is 35.6. The predicted molar refractivity (Wildman–Crippen MR) is 188 cm³/mol. The summed E-state index contributed by atoms with van der Waals surface area (Å²) in [6, 6.07) is 0.703. The van der Waals surface area contributed by atoms with Gasteiger partial charge in [0, 0.05) is 0 Å². The molecule has 0 amide bonds. The van der Waals surface area contributed by atoms with Crippen LogP contribution < -0.4 is 17.0 Å². The van der Waals surface area contributed by atoms with Crippen molar-refractivity contribution < 1.29 is 17.0 Å². The van der Waals surface area contributed by atoms with Crippen molar-refractivity contribution in [2.24, 2.45) is 0 Å². The van der Waals surface area contributed by atoms with Gasteiger partial charge in [-0.25, -0.2) is 4.57 Å². The number of aromatic amines is 1. The van der Waals surface area contributed by atoms with Gasteiger partial charge in [-0.1, -0.05) is 206 Å². The number of hydrogen-bond acceptors (Lipinski definition) is 0. The van der Waals surface area contributed by atoms with Crippen LogP contribution >= 0.6 is 0 Å². The second-order valence-electron chi connectivity index (χ2n) is 13.9. The molecule has 256 valence electrons. The third-order valence-electron chi connectivity index (χ3n) is 9.77. The Hall–Kier alpha value is -0.500. The second kappa shape index (κ2) is 36.0. The van der Waals surface area contributed by atoms with Crippen LogP contribution in [-0.2, 0) is 0 Å². The highest BCUT2D eigenvalue weighted by Crippen LogP contribution is 2.20. The fraction of sp³-hybridized carbons (Fsp3) is 0.925. The molecule has 1 rings (SSSR count). The summed E-state index contributed by atoms with van der Waals surface area (Å²) in [6.45, 7) is 4.62. The molecule has 1 N–H and O–H groups in total. The van der Waals surface area contributed by atoms with Crippen LogP contribution in [0.5, 0.6) is 0 Å². The first-order valence-corrected chi connectivity index (χ1v) is 19.9. The number of imidazole rings is 1. The fourth-order valence-corrected chi connectivity index (χ4v) is 6.83. The largest absolute Gasteiger partial charge is 1.00 e. The van der Waals surface area contributed by atoms with Gasteiger partial charge >= 0.3 is 0 Å². The molecule has 2 nitrogen and oxygen atoms in total. The number of hydrogen-bond donors (Lipinski definition) is 1. The quantitative estimate of drug-likeness (QED) is 0.0574. The van der Waals surface area contributed by atoms with Gasteiger partial charge in [0.05, 0.1) is 0 Å². The van der Waals surface area contributed by atoms with E-state index in [1.807, 2.05) is 0 Å². The molecule has 0 aliphatic rings. The molecule has 0 spiro atoms. The molecule has 0 bridgehead atoms. The van der Waals surface area contributed by atoms with E-state index >= 15 is 0 Å². The molecule has 1 aromatic rings. The van der Waals surface area contributed by atoms with E-state index in [0.717, 1.165) is 0 Å². The summed E-state index contributed by atoms with van der Waals surface area (Å²) in [5.74, 6) is 0. The number of unbranched alkanes of at least 4 members (excludes halogenated alkanes) is 30. The van der Waals surface area contributed by atoms with Crippen molar-refractivity contribution >= 4 is 0 Å². The average Bonchev–Trinajstić information content (AvgIpc) is 3.54. The molecule has 1 heterocycles. The fourth-order valence-electron chi connectivity index (χ4n) is 6.83. The van der Waals surface area contributed by atoms with Crippen LogP contribution in [0.15, 0.2) is 18.7 Å². The van der Waals surface area contributed by atoms with Gasteiger partial charge in [0.15, 0.2) is 0 Å². The SMILES string of the molecule is CCCCCCCCCCCCCCCCCCC(CCCCCCCCCCCCCCCCCC)[n+]1cc[nH]c1.[Cl-]. The maximum atomic E-state index is 3.29. The number of nitrogens with one attached hydrogen (secondary N) is 1. The first kappa shape index (κ1) is 42.5. The van der Waals surface area contributed by atoms with Gasteiger partial charge in [0.2, 0.25) is 6.33 Å². The lowest BCUT2D eigenvalue weighted by atomic mass is 9.99. The summed E-state index contributed by atoms with van der Waals surface area (Å²) in [5, 5.41) is 0. The van der Waals surface area contributed by atoms with Crippen molar-refractivity contribution in [1.29, 1.82) is 0 Å². The molecule has 43 heavy (non-hydrogen) atoms. The van der Waals surface area contributed by atoms with Crippen LogP contribution in [-0.4, -0.2) is 4.98 Å². The molecule has 0 aromatic carbocycles. The van der Waals surface area contributed by atoms with E-state index in [1.54, 1.807) is 0 Å². The van der Waals surface area contributed by atoms with Crippen LogP contribution in [0.2, 0.25) is 0 Å². The number of aromatic nitrogens is 2. The normalized spacial score (nSPS) is 11.4. The Morgan fingerprint density at radius 1 is 0.395 bits per heavy atom. The lowest BCUT2D eigenvalue weighted by Crippen LogP contribution is -3.00. The number of nitrogens with zero attached hydrogens (tertiary/aromatic N) is 1. The molecule has 0 saturated heterocycles. The Labute approximate surface area is 278 Å². The molecule has 0 radical (unpaired) electrons. The predicted octanol–water partition coefficient (Wildman–Crippen LogP) is 11.2. The van der Waals surface area contributed by atoms with Gasteiger partial charge < -0.3 is 12.4 Å². The molecule has 0 unspecified atom stereocenters. The molecular formula is C40H79ClN2. The van der Waals surface area contributed by atoms with Crippen molar-refractivity contribution in [2.45, 2.75) is 238 Å². The smallest absolute Gasteiger partial charge is 0.241 e. The number of rotatable bonds is 35. The molecule has 0 saturated carbocycles. The van der Waals surface area contributed by atoms with Crippen LogP contribution in [0, 0.1) is 0 Å². The van der Waals surface area contributed by atoms with Crippen molar-refractivity contribution in [3.8, 4) is 0 Å². The standard InChI is InChI=1S/C40H78N2.ClH/c1-3-5-7-9-11-13-15-17-19-21-23-25-27-29-31-33-35-40(42-38-37-41-39-42)36-34-32-30-28-26-24-22-20-18-16-14-12-10-8-6-4-2;/h37-40H,3-36H2,1-2H3;1H. The molecular weight excluding hydrogens is 544 g/mol. The average molecular weight is 624 g/mol. The molecule has 0 fully saturated rings. The van der Waals surface area contributed by atoms with Gasteiger partial charge in [-0.3, -0.25) is 4.98 Å². The third-order valence-corrected chi connectivity index (χ3v) is 9.77. The van der Waals surface area contributed by atoms with Crippen molar-refractivity contribution in [3.63, 3.8) is 0 Å². The zero-order chi connectivity index (χ0) is 30.0. The van der Waals surface area contributed by atoms with Crippen LogP contribution in [0.25, 0.3) is 0 Å². The van der Waals surface area contributed by atoms with E-state index in [2.05, 4.69) is 42.1 Å². The van der Waals surface area contributed by atoms with E-state index in [9.17, 15) is 0 Å². The summed E-state index contributed by atoms with van der Waals surface area (Å²) in [5.41, 5.74) is 0. The summed E-state index contributed by atoms with van der Waals surface area (Å²) >= 11 is 0. The Morgan fingerprint density at radius 2 is 0.651 bits per heavy atom. The highest BCUT2D eigenvalue weighted by molar-refractivity contribution is 4.62. The van der Waals surface area contributed by atoms with E-state index < -0.39 is 0 Å². The molecule has 0 atom stereocenters. The zero-order valence-electron chi connectivity index (χ0n) is 29.7. The third kappa shape index (κ3) is 29.9. The maximum Gasteiger partial charge on any atom is 0.241 e. The van der Waals surface area contributed by atoms with Gasteiger partial charge in [-0.2, -0.15) is 0 Å². The summed E-state index contributed by atoms with van der Waals surface area (Å²) in [6.07, 6.45) is 55.8. The molecule has 3 heteroatoms. The van der Waals surface area contributed by atoms with E-state index in [4.69, 9.17) is 0 Å². The minimum absolute atomic E-state index is 0. The topological polar surface area (TPSA) is 19.7 Å². The van der Waals surface area contributed by atoms with Crippen LogP contribution in [0.1, 0.15) is 238 Å². The Bertz CT molecular complexity index is 566. The highest BCUT2D eigenvalue weighted by atomic mass is 35.5. The van der Waals surface area contributed by atoms with Gasteiger partial charge in [-0.05, 0) is 25.7 Å². The van der Waals surface area contributed by atoms with Gasteiger partial charge in [-0.15, -0.1) is 0 Å². The zero-order valence-corrected chi connectivity index (χ0v) is 30.4. The highest BCUT2D eigenvalue weighted by Gasteiger charge is 2.14. The van der Waals surface area contributed by atoms with Crippen molar-refractivity contribution in [1.82, 2.24) is 4.98 Å². The lowest BCUT2D eigenvalue weighted by molar-refractivity contribution is -0.723. The van der Waals surface area contributed by atoms with Crippen molar-refractivity contribution in [3.05, 3.63) is 18.7 Å². The summed E-state index contributed by atoms with van der Waals surface area (Å²) < 4.78 is 2.45. The molecule has 0 aliphatic carbocycles. The lowest BCUT2D eigenvalue weighted by Gasteiger charge is -2.14. The molecule has 1 aromatic heterocycles. The van der Waals surface area contributed by atoms with Crippen LogP contribution in [0.3, 0.4) is 0 Å². The van der Waals surface area contributed by atoms with Crippen LogP contribution in [0.4, 0.5) is 0 Å². The minimum Gasteiger partial charge on any atom is -1.00 e. The van der Waals surface area contributed by atoms with Gasteiger partial charge in [0.25, 0.3) is 0 Å².